The molecule has 0 radical (unpaired) electrons. The van der Waals surface area contributed by atoms with E-state index in [1.807, 2.05) is 0 Å². The summed E-state index contributed by atoms with van der Waals surface area (Å²) in [7, 11) is 0. The van der Waals surface area contributed by atoms with Gasteiger partial charge in [0.05, 0.1) is 0 Å². The summed E-state index contributed by atoms with van der Waals surface area (Å²) in [5, 5.41) is 2.78. The van der Waals surface area contributed by atoms with E-state index in [4.69, 9.17) is 0 Å². The van der Waals surface area contributed by atoms with Crippen molar-refractivity contribution in [2.24, 2.45) is 11.8 Å². The number of carbonyl (C=O) groups excluding carboxylic acids is 3. The minimum Gasteiger partial charge on any atom is -0.341 e. The molecule has 3 aliphatic rings. The number of amides is 4. The molecule has 0 aromatic rings. The molecule has 3 rings (SSSR count). The number of urea groups is 1. The third-order valence-electron chi connectivity index (χ3n) is 5.00. The Morgan fingerprint density at radius 2 is 2.05 bits per heavy atom. The molecule has 21 heavy (non-hydrogen) atoms. The van der Waals surface area contributed by atoms with Crippen molar-refractivity contribution in [1.29, 1.82) is 0 Å². The third-order valence-corrected chi connectivity index (χ3v) is 5.00. The van der Waals surface area contributed by atoms with E-state index in [2.05, 4.69) is 12.2 Å². The van der Waals surface area contributed by atoms with Crippen LogP contribution in [-0.2, 0) is 9.59 Å². The van der Waals surface area contributed by atoms with Crippen molar-refractivity contribution in [1.82, 2.24) is 15.1 Å². The SMILES string of the molecule is CC1CCCN(C(=O)CN2C(=O)NC(C)(C3CC3)C2=O)C1. The first-order valence-corrected chi connectivity index (χ1v) is 7.83. The molecule has 0 aromatic carbocycles. The maximum atomic E-state index is 12.5. The largest absolute Gasteiger partial charge is 0.341 e. The van der Waals surface area contributed by atoms with E-state index < -0.39 is 11.6 Å². The van der Waals surface area contributed by atoms with Gasteiger partial charge < -0.3 is 10.2 Å². The van der Waals surface area contributed by atoms with Gasteiger partial charge in [0.25, 0.3) is 5.91 Å². The van der Waals surface area contributed by atoms with E-state index in [1.165, 1.54) is 0 Å². The zero-order chi connectivity index (χ0) is 15.2. The normalized spacial score (nSPS) is 33.3. The van der Waals surface area contributed by atoms with E-state index >= 15 is 0 Å². The second-order valence-corrected chi connectivity index (χ2v) is 6.89. The van der Waals surface area contributed by atoms with Crippen LogP contribution in [0.3, 0.4) is 0 Å². The van der Waals surface area contributed by atoms with E-state index in [-0.39, 0.29) is 24.3 Å². The zero-order valence-electron chi connectivity index (χ0n) is 12.7. The Morgan fingerprint density at radius 3 is 2.67 bits per heavy atom. The smallest absolute Gasteiger partial charge is 0.325 e. The van der Waals surface area contributed by atoms with Gasteiger partial charge in [-0.15, -0.1) is 0 Å². The Labute approximate surface area is 124 Å². The van der Waals surface area contributed by atoms with Crippen LogP contribution in [0, 0.1) is 11.8 Å². The molecule has 116 valence electrons. The first-order chi connectivity index (χ1) is 9.91. The highest BCUT2D eigenvalue weighted by atomic mass is 16.2. The van der Waals surface area contributed by atoms with E-state index in [1.54, 1.807) is 11.8 Å². The molecule has 6 nitrogen and oxygen atoms in total. The molecule has 0 aromatic heterocycles. The molecule has 1 aliphatic carbocycles. The highest BCUT2D eigenvalue weighted by molar-refractivity contribution is 6.09. The number of rotatable bonds is 3. The van der Waals surface area contributed by atoms with Crippen molar-refractivity contribution in [3.8, 4) is 0 Å². The Bertz CT molecular complexity index is 489. The lowest BCUT2D eigenvalue weighted by atomic mass is 9.96. The lowest BCUT2D eigenvalue weighted by Crippen LogP contribution is -2.48. The van der Waals surface area contributed by atoms with Crippen molar-refractivity contribution in [3.05, 3.63) is 0 Å². The van der Waals surface area contributed by atoms with E-state index in [0.717, 1.165) is 43.7 Å². The maximum absolute atomic E-state index is 12.5. The lowest BCUT2D eigenvalue weighted by Gasteiger charge is -2.31. The van der Waals surface area contributed by atoms with Crippen LogP contribution in [-0.4, -0.2) is 52.8 Å². The minimum atomic E-state index is -0.799. The second kappa shape index (κ2) is 5.00. The molecule has 1 N–H and O–H groups in total. The molecular formula is C15H23N3O3. The molecule has 2 saturated heterocycles. The van der Waals surface area contributed by atoms with Gasteiger partial charge >= 0.3 is 6.03 Å². The fourth-order valence-electron chi connectivity index (χ4n) is 3.45. The number of hydrogen-bond donors (Lipinski definition) is 1. The standard InChI is InChI=1S/C15H23N3O3/c1-10-4-3-7-17(8-10)12(19)9-18-13(20)15(2,11-5-6-11)16-14(18)21/h10-11H,3-9H2,1-2H3,(H,16,21). The van der Waals surface area contributed by atoms with Gasteiger partial charge in [0.15, 0.2) is 0 Å². The first-order valence-electron chi connectivity index (χ1n) is 7.83. The minimum absolute atomic E-state index is 0.120. The number of imide groups is 1. The van der Waals surface area contributed by atoms with Gasteiger partial charge in [-0.05, 0) is 44.4 Å². The summed E-state index contributed by atoms with van der Waals surface area (Å²) in [6.45, 7) is 5.23. The molecule has 0 bridgehead atoms. The summed E-state index contributed by atoms with van der Waals surface area (Å²) in [6.07, 6.45) is 4.06. The average Bonchev–Trinajstić information content (AvgIpc) is 3.25. The van der Waals surface area contributed by atoms with Crippen molar-refractivity contribution in [2.45, 2.75) is 45.1 Å². The third kappa shape index (κ3) is 2.51. The number of piperidine rings is 1. The molecule has 2 aliphatic heterocycles. The summed E-state index contributed by atoms with van der Waals surface area (Å²) in [6, 6.07) is -0.423. The van der Waals surface area contributed by atoms with Crippen molar-refractivity contribution >= 4 is 17.8 Å². The summed E-state index contributed by atoms with van der Waals surface area (Å²) in [5.74, 6) is 0.352. The lowest BCUT2D eigenvalue weighted by molar-refractivity contribution is -0.140. The van der Waals surface area contributed by atoms with Gasteiger partial charge in [-0.1, -0.05) is 6.92 Å². The van der Waals surface area contributed by atoms with Gasteiger partial charge in [-0.2, -0.15) is 0 Å². The van der Waals surface area contributed by atoms with Crippen molar-refractivity contribution in [3.63, 3.8) is 0 Å². The summed E-state index contributed by atoms with van der Waals surface area (Å²) in [4.78, 5) is 39.7. The number of nitrogens with one attached hydrogen (secondary N) is 1. The van der Waals surface area contributed by atoms with Crippen molar-refractivity contribution in [2.75, 3.05) is 19.6 Å². The average molecular weight is 293 g/mol. The van der Waals surface area contributed by atoms with Crippen LogP contribution in [0.2, 0.25) is 0 Å². The Kier molecular flexibility index (Phi) is 3.42. The second-order valence-electron chi connectivity index (χ2n) is 6.89. The highest BCUT2D eigenvalue weighted by Crippen LogP contribution is 2.42. The monoisotopic (exact) mass is 293 g/mol. The fourth-order valence-corrected chi connectivity index (χ4v) is 3.45. The van der Waals surface area contributed by atoms with Crippen LogP contribution in [0.25, 0.3) is 0 Å². The number of likely N-dealkylation sites (tertiary alicyclic amines) is 1. The molecule has 2 unspecified atom stereocenters. The molecule has 4 amide bonds. The topological polar surface area (TPSA) is 69.7 Å². The van der Waals surface area contributed by atoms with E-state index in [9.17, 15) is 14.4 Å². The Balaban J connectivity index is 1.65. The van der Waals surface area contributed by atoms with Gasteiger partial charge in [0, 0.05) is 13.1 Å². The predicted octanol–water partition coefficient (Wildman–Crippen LogP) is 0.965. The van der Waals surface area contributed by atoms with Crippen LogP contribution < -0.4 is 5.32 Å². The van der Waals surface area contributed by atoms with E-state index in [0.29, 0.717) is 5.92 Å². The summed E-state index contributed by atoms with van der Waals surface area (Å²) in [5.41, 5.74) is -0.799. The van der Waals surface area contributed by atoms with Crippen LogP contribution in [0.5, 0.6) is 0 Å². The predicted molar refractivity (Wildman–Crippen MR) is 76.4 cm³/mol. The fraction of sp³-hybridized carbons (Fsp3) is 0.800. The molecule has 3 fully saturated rings. The van der Waals surface area contributed by atoms with Crippen LogP contribution >= 0.6 is 0 Å². The maximum Gasteiger partial charge on any atom is 0.325 e. The molecular weight excluding hydrogens is 270 g/mol. The van der Waals surface area contributed by atoms with Gasteiger partial charge in [-0.3, -0.25) is 14.5 Å². The van der Waals surface area contributed by atoms with Crippen LogP contribution in [0.1, 0.15) is 39.5 Å². The van der Waals surface area contributed by atoms with Crippen LogP contribution in [0.15, 0.2) is 0 Å². The Hall–Kier alpha value is -1.59. The molecule has 2 atom stereocenters. The molecule has 1 saturated carbocycles. The van der Waals surface area contributed by atoms with Gasteiger partial charge in [-0.25, -0.2) is 4.79 Å². The summed E-state index contributed by atoms with van der Waals surface area (Å²) < 4.78 is 0. The number of hydrogen-bond acceptors (Lipinski definition) is 3. The quantitative estimate of drug-likeness (QED) is 0.788. The summed E-state index contributed by atoms with van der Waals surface area (Å²) >= 11 is 0. The molecule has 2 heterocycles. The first kappa shape index (κ1) is 14.4. The van der Waals surface area contributed by atoms with Gasteiger partial charge in [0.1, 0.15) is 12.1 Å². The molecule has 0 spiro atoms. The Morgan fingerprint density at radius 1 is 1.33 bits per heavy atom. The van der Waals surface area contributed by atoms with Gasteiger partial charge in [0.2, 0.25) is 5.91 Å². The highest BCUT2D eigenvalue weighted by Gasteiger charge is 2.56. The van der Waals surface area contributed by atoms with Crippen LogP contribution in [0.4, 0.5) is 4.79 Å². The number of carbonyl (C=O) groups is 3. The zero-order valence-corrected chi connectivity index (χ0v) is 12.7. The van der Waals surface area contributed by atoms with Crippen molar-refractivity contribution < 1.29 is 14.4 Å². The molecule has 6 heteroatoms. The number of nitrogens with zero attached hydrogens (tertiary/aromatic N) is 2.